The van der Waals surface area contributed by atoms with Gasteiger partial charge >= 0.3 is 0 Å². The van der Waals surface area contributed by atoms with E-state index < -0.39 is 6.43 Å². The van der Waals surface area contributed by atoms with Crippen molar-refractivity contribution in [3.8, 4) is 0 Å². The second kappa shape index (κ2) is 5.51. The van der Waals surface area contributed by atoms with Crippen molar-refractivity contribution in [1.82, 2.24) is 14.8 Å². The van der Waals surface area contributed by atoms with Crippen molar-refractivity contribution in [2.75, 3.05) is 0 Å². The molecule has 0 aromatic carbocycles. The highest BCUT2D eigenvalue weighted by Crippen LogP contribution is 2.26. The number of pyridine rings is 1. The fraction of sp³-hybridized carbons (Fsp3) is 0.385. The molecule has 0 fully saturated rings. The Morgan fingerprint density at radius 1 is 1.21 bits per heavy atom. The van der Waals surface area contributed by atoms with E-state index in [0.717, 1.165) is 5.56 Å². The van der Waals surface area contributed by atoms with Crippen LogP contribution in [-0.2, 0) is 0 Å². The summed E-state index contributed by atoms with van der Waals surface area (Å²) in [7, 11) is 5.66. The van der Waals surface area contributed by atoms with Crippen molar-refractivity contribution in [2.24, 2.45) is 5.92 Å². The van der Waals surface area contributed by atoms with Gasteiger partial charge in [0.25, 0.3) is 6.43 Å². The van der Waals surface area contributed by atoms with Gasteiger partial charge in [0.2, 0.25) is 0 Å². The summed E-state index contributed by atoms with van der Waals surface area (Å²) in [5, 5.41) is 4.19. The maximum Gasteiger partial charge on any atom is 0.280 e. The smallest absolute Gasteiger partial charge is 0.266 e. The molecule has 2 radical (unpaired) electrons. The highest BCUT2D eigenvalue weighted by atomic mass is 19.3. The first-order chi connectivity index (χ1) is 8.99. The Labute approximate surface area is 112 Å². The molecule has 0 saturated carbocycles. The van der Waals surface area contributed by atoms with E-state index >= 15 is 0 Å². The van der Waals surface area contributed by atoms with Crippen LogP contribution < -0.4 is 5.46 Å². The second-order valence-corrected chi connectivity index (χ2v) is 4.76. The van der Waals surface area contributed by atoms with Crippen molar-refractivity contribution in [1.29, 1.82) is 0 Å². The molecule has 0 bridgehead atoms. The first kappa shape index (κ1) is 13.7. The minimum absolute atomic E-state index is 0.0727. The maximum atomic E-state index is 12.5. The van der Waals surface area contributed by atoms with Crippen LogP contribution in [0.4, 0.5) is 8.78 Å². The molecule has 0 amide bonds. The number of hydrogen-bond acceptors (Lipinski definition) is 2. The zero-order valence-electron chi connectivity index (χ0n) is 10.8. The van der Waals surface area contributed by atoms with Gasteiger partial charge in [0.05, 0.1) is 6.04 Å². The van der Waals surface area contributed by atoms with Gasteiger partial charge in [-0.05, 0) is 17.5 Å². The molecule has 0 aliphatic rings. The average molecular weight is 261 g/mol. The zero-order chi connectivity index (χ0) is 14.0. The quantitative estimate of drug-likeness (QED) is 0.790. The lowest BCUT2D eigenvalue weighted by atomic mass is 9.97. The van der Waals surface area contributed by atoms with Crippen LogP contribution in [0.5, 0.6) is 0 Å². The molecule has 0 aliphatic carbocycles. The summed E-state index contributed by atoms with van der Waals surface area (Å²) < 4.78 is 26.7. The third-order valence-electron chi connectivity index (χ3n) is 2.91. The largest absolute Gasteiger partial charge is 0.280 e. The Balaban J connectivity index is 2.34. The van der Waals surface area contributed by atoms with Crippen LogP contribution in [-0.4, -0.2) is 22.6 Å². The van der Waals surface area contributed by atoms with E-state index in [0.29, 0.717) is 5.46 Å². The van der Waals surface area contributed by atoms with Gasteiger partial charge in [-0.25, -0.2) is 8.78 Å². The lowest BCUT2D eigenvalue weighted by molar-refractivity contribution is 0.146. The van der Waals surface area contributed by atoms with Gasteiger partial charge in [-0.1, -0.05) is 25.4 Å². The molecule has 0 saturated heterocycles. The highest BCUT2D eigenvalue weighted by Gasteiger charge is 2.19. The molecular formula is C13H14BF2N3. The van der Waals surface area contributed by atoms with Crippen LogP contribution in [0.15, 0.2) is 30.7 Å². The Hall–Kier alpha value is -1.72. The minimum atomic E-state index is -2.55. The van der Waals surface area contributed by atoms with Gasteiger partial charge < -0.3 is 0 Å². The number of alkyl halides is 2. The molecule has 6 heteroatoms. The third-order valence-corrected chi connectivity index (χ3v) is 2.91. The maximum absolute atomic E-state index is 12.5. The molecule has 2 aromatic heterocycles. The molecule has 1 unspecified atom stereocenters. The van der Waals surface area contributed by atoms with Crippen molar-refractivity contribution in [3.63, 3.8) is 0 Å². The van der Waals surface area contributed by atoms with Gasteiger partial charge in [0.15, 0.2) is 0 Å². The molecule has 1 atom stereocenters. The topological polar surface area (TPSA) is 30.7 Å². The predicted octanol–water partition coefficient (Wildman–Crippen LogP) is 2.25. The fourth-order valence-corrected chi connectivity index (χ4v) is 2.07. The number of aromatic nitrogens is 3. The SMILES string of the molecule is [B]c1cnn(C(c2ccc(C(F)F)nc2)C(C)C)c1. The third kappa shape index (κ3) is 3.00. The molecular weight excluding hydrogens is 247 g/mol. The lowest BCUT2D eigenvalue weighted by Crippen LogP contribution is -2.18. The summed E-state index contributed by atoms with van der Waals surface area (Å²) in [4.78, 5) is 3.79. The van der Waals surface area contributed by atoms with Crippen LogP contribution >= 0.6 is 0 Å². The van der Waals surface area contributed by atoms with Gasteiger partial charge in [-0.3, -0.25) is 9.67 Å². The molecule has 3 nitrogen and oxygen atoms in total. The summed E-state index contributed by atoms with van der Waals surface area (Å²) >= 11 is 0. The summed E-state index contributed by atoms with van der Waals surface area (Å²) in [5.74, 6) is 0.235. The molecule has 0 spiro atoms. The van der Waals surface area contributed by atoms with Crippen LogP contribution in [0.25, 0.3) is 0 Å². The Bertz CT molecular complexity index is 537. The van der Waals surface area contributed by atoms with Crippen molar-refractivity contribution < 1.29 is 8.78 Å². The summed E-state index contributed by atoms with van der Waals surface area (Å²) in [6.45, 7) is 4.06. The molecule has 2 rings (SSSR count). The van der Waals surface area contributed by atoms with Gasteiger partial charge in [0.1, 0.15) is 13.5 Å². The monoisotopic (exact) mass is 261 g/mol. The van der Waals surface area contributed by atoms with E-state index in [1.54, 1.807) is 23.1 Å². The van der Waals surface area contributed by atoms with Gasteiger partial charge in [-0.15, -0.1) is 0 Å². The number of nitrogens with zero attached hydrogens (tertiary/aromatic N) is 3. The number of halogens is 2. The summed E-state index contributed by atoms with van der Waals surface area (Å²) in [5.41, 5.74) is 1.19. The van der Waals surface area contributed by atoms with Crippen LogP contribution in [0.3, 0.4) is 0 Å². The molecule has 0 N–H and O–H groups in total. The first-order valence-electron chi connectivity index (χ1n) is 6.02. The van der Waals surface area contributed by atoms with Crippen molar-refractivity contribution in [3.05, 3.63) is 42.0 Å². The standard InChI is InChI=1S/C13H14BF2N3/c1-8(2)12(19-7-10(14)6-18-19)9-3-4-11(13(15)16)17-5-9/h3-8,12-13H,1-2H3. The Morgan fingerprint density at radius 2 is 1.95 bits per heavy atom. The molecule has 0 aliphatic heterocycles. The van der Waals surface area contributed by atoms with E-state index in [4.69, 9.17) is 7.85 Å². The van der Waals surface area contributed by atoms with Crippen LogP contribution in [0.1, 0.15) is 37.6 Å². The molecule has 98 valence electrons. The fourth-order valence-electron chi connectivity index (χ4n) is 2.07. The number of rotatable bonds is 4. The van der Waals surface area contributed by atoms with Gasteiger partial charge in [-0.2, -0.15) is 5.10 Å². The Morgan fingerprint density at radius 3 is 2.37 bits per heavy atom. The second-order valence-electron chi connectivity index (χ2n) is 4.76. The summed E-state index contributed by atoms with van der Waals surface area (Å²) in [6.07, 6.45) is 2.22. The zero-order valence-corrected chi connectivity index (χ0v) is 10.8. The van der Waals surface area contributed by atoms with E-state index in [-0.39, 0.29) is 17.7 Å². The number of hydrogen-bond donors (Lipinski definition) is 0. The lowest BCUT2D eigenvalue weighted by Gasteiger charge is -2.22. The first-order valence-corrected chi connectivity index (χ1v) is 6.02. The van der Waals surface area contributed by atoms with Crippen molar-refractivity contribution in [2.45, 2.75) is 26.3 Å². The predicted molar refractivity (Wildman–Crippen MR) is 69.8 cm³/mol. The van der Waals surface area contributed by atoms with Crippen LogP contribution in [0.2, 0.25) is 0 Å². The van der Waals surface area contributed by atoms with E-state index in [9.17, 15) is 8.78 Å². The molecule has 2 aromatic rings. The summed E-state index contributed by atoms with van der Waals surface area (Å²) in [6, 6.07) is 2.94. The van der Waals surface area contributed by atoms with E-state index in [1.807, 2.05) is 13.8 Å². The Kier molecular flexibility index (Phi) is 3.97. The van der Waals surface area contributed by atoms with Gasteiger partial charge in [0, 0.05) is 18.6 Å². The molecule has 2 heterocycles. The minimum Gasteiger partial charge on any atom is -0.266 e. The van der Waals surface area contributed by atoms with Crippen molar-refractivity contribution >= 4 is 13.3 Å². The van der Waals surface area contributed by atoms with E-state index in [1.165, 1.54) is 12.3 Å². The van der Waals surface area contributed by atoms with Crippen LogP contribution in [0, 0.1) is 5.92 Å². The normalized spacial score (nSPS) is 13.2. The highest BCUT2D eigenvalue weighted by molar-refractivity contribution is 6.31. The average Bonchev–Trinajstić information content (AvgIpc) is 2.76. The molecule has 19 heavy (non-hydrogen) atoms. The van der Waals surface area contributed by atoms with E-state index in [2.05, 4.69) is 10.1 Å².